The van der Waals surface area contributed by atoms with Crippen LogP contribution >= 0.6 is 15.9 Å². The van der Waals surface area contributed by atoms with E-state index in [4.69, 9.17) is 9.72 Å². The molecule has 0 saturated heterocycles. The Morgan fingerprint density at radius 3 is 2.62 bits per heavy atom. The van der Waals surface area contributed by atoms with E-state index in [1.54, 1.807) is 31.4 Å². The summed E-state index contributed by atoms with van der Waals surface area (Å²) in [6.45, 7) is 6.44. The molecule has 1 amide bonds. The third kappa shape index (κ3) is 3.80. The van der Waals surface area contributed by atoms with Gasteiger partial charge in [-0.2, -0.15) is 0 Å². The van der Waals surface area contributed by atoms with Crippen LogP contribution in [-0.2, 0) is 6.54 Å². The first-order valence-corrected chi connectivity index (χ1v) is 9.02. The number of ether oxygens (including phenoxy) is 1. The van der Waals surface area contributed by atoms with Crippen molar-refractivity contribution in [2.75, 3.05) is 7.11 Å². The number of hydrogen-bond donors (Lipinski definition) is 1. The molecule has 0 aliphatic rings. The fourth-order valence-corrected chi connectivity index (χ4v) is 3.10. The van der Waals surface area contributed by atoms with Crippen molar-refractivity contribution in [1.29, 1.82) is 0 Å². The summed E-state index contributed by atoms with van der Waals surface area (Å²) >= 11 is 3.42. The number of carbonyl (C=O) groups is 1. The highest BCUT2D eigenvalue weighted by atomic mass is 79.9. The monoisotopic (exact) mass is 413 g/mol. The molecule has 0 fully saturated rings. The number of para-hydroxylation sites is 2. The third-order valence-corrected chi connectivity index (χ3v) is 4.35. The normalized spacial score (nSPS) is 12.0. The minimum Gasteiger partial charge on any atom is -0.497 e. The first-order chi connectivity index (χ1) is 12.5. The maximum Gasteiger partial charge on any atom is 0.251 e. The van der Waals surface area contributed by atoms with Gasteiger partial charge in [0.05, 0.1) is 30.7 Å². The molecule has 1 unspecified atom stereocenters. The Morgan fingerprint density at radius 1 is 1.27 bits per heavy atom. The predicted octanol–water partition coefficient (Wildman–Crippen LogP) is 4.44. The Kier molecular flexibility index (Phi) is 5.42. The average molecular weight is 414 g/mol. The third-order valence-electron chi connectivity index (χ3n) is 4.10. The Balaban J connectivity index is 1.87. The SMILES string of the molecule is C=C(Br)Cn1c(C(C)NC(=O)c2ccc(OC)cc2)nc2ccccc21. The second kappa shape index (κ2) is 7.74. The van der Waals surface area contributed by atoms with Gasteiger partial charge in [-0.1, -0.05) is 34.6 Å². The number of methoxy groups -OCH3 is 1. The molecule has 1 aromatic heterocycles. The van der Waals surface area contributed by atoms with Crippen molar-refractivity contribution < 1.29 is 9.53 Å². The van der Waals surface area contributed by atoms with Crippen LogP contribution in [0.5, 0.6) is 5.75 Å². The highest BCUT2D eigenvalue weighted by molar-refractivity contribution is 9.11. The first-order valence-electron chi connectivity index (χ1n) is 8.23. The van der Waals surface area contributed by atoms with Crippen molar-refractivity contribution in [1.82, 2.24) is 14.9 Å². The number of fused-ring (bicyclic) bond motifs is 1. The van der Waals surface area contributed by atoms with Gasteiger partial charge in [0, 0.05) is 10.0 Å². The Morgan fingerprint density at radius 2 is 1.96 bits per heavy atom. The van der Waals surface area contributed by atoms with Crippen molar-refractivity contribution in [2.24, 2.45) is 0 Å². The Labute approximate surface area is 160 Å². The van der Waals surface area contributed by atoms with Gasteiger partial charge in [-0.3, -0.25) is 4.79 Å². The number of aromatic nitrogens is 2. The minimum atomic E-state index is -0.260. The summed E-state index contributed by atoms with van der Waals surface area (Å²) in [6, 6.07) is 14.7. The lowest BCUT2D eigenvalue weighted by molar-refractivity contribution is 0.0937. The largest absolute Gasteiger partial charge is 0.497 e. The lowest BCUT2D eigenvalue weighted by Crippen LogP contribution is -2.28. The van der Waals surface area contributed by atoms with E-state index in [1.807, 2.05) is 31.2 Å². The van der Waals surface area contributed by atoms with Crippen LogP contribution in [0.15, 0.2) is 59.6 Å². The second-order valence-corrected chi connectivity index (χ2v) is 7.11. The smallest absolute Gasteiger partial charge is 0.251 e. The van der Waals surface area contributed by atoms with Gasteiger partial charge in [0.15, 0.2) is 0 Å². The molecule has 0 aliphatic carbocycles. The minimum absolute atomic E-state index is 0.156. The van der Waals surface area contributed by atoms with Crippen LogP contribution in [0.3, 0.4) is 0 Å². The van der Waals surface area contributed by atoms with E-state index in [2.05, 4.69) is 32.4 Å². The van der Waals surface area contributed by atoms with Crippen LogP contribution in [0.2, 0.25) is 0 Å². The lowest BCUT2D eigenvalue weighted by atomic mass is 10.2. The molecule has 1 N–H and O–H groups in total. The number of imidazole rings is 1. The van der Waals surface area contributed by atoms with Crippen LogP contribution in [0.4, 0.5) is 0 Å². The van der Waals surface area contributed by atoms with Gasteiger partial charge >= 0.3 is 0 Å². The second-order valence-electron chi connectivity index (χ2n) is 5.99. The van der Waals surface area contributed by atoms with Crippen LogP contribution in [-0.4, -0.2) is 22.6 Å². The summed E-state index contributed by atoms with van der Waals surface area (Å²) in [5, 5.41) is 3.02. The molecular weight excluding hydrogens is 394 g/mol. The molecule has 0 aliphatic heterocycles. The molecule has 6 heteroatoms. The number of benzene rings is 2. The molecule has 5 nitrogen and oxygen atoms in total. The van der Waals surface area contributed by atoms with Crippen LogP contribution in [0.25, 0.3) is 11.0 Å². The predicted molar refractivity (Wildman–Crippen MR) is 107 cm³/mol. The standard InChI is InChI=1S/C20H20BrN3O2/c1-13(21)12-24-18-7-5-4-6-17(18)23-19(24)14(2)22-20(25)15-8-10-16(26-3)11-9-15/h4-11,14H,1,12H2,2-3H3,(H,22,25). The number of hydrogen-bond acceptors (Lipinski definition) is 3. The fraction of sp³-hybridized carbons (Fsp3) is 0.200. The van der Waals surface area contributed by atoms with Crippen LogP contribution < -0.4 is 10.1 Å². The zero-order chi connectivity index (χ0) is 18.7. The molecule has 0 spiro atoms. The molecular formula is C20H20BrN3O2. The number of allylic oxidation sites excluding steroid dienone is 1. The number of nitrogens with one attached hydrogen (secondary N) is 1. The molecule has 0 radical (unpaired) electrons. The average Bonchev–Trinajstić information content (AvgIpc) is 3.00. The molecule has 134 valence electrons. The van der Waals surface area contributed by atoms with Gasteiger partial charge in [-0.15, -0.1) is 0 Å². The summed E-state index contributed by atoms with van der Waals surface area (Å²) < 4.78 is 8.03. The quantitative estimate of drug-likeness (QED) is 0.649. The highest BCUT2D eigenvalue weighted by Crippen LogP contribution is 2.23. The Hall–Kier alpha value is -2.60. The number of carbonyl (C=O) groups excluding carboxylic acids is 1. The van der Waals surface area contributed by atoms with Gasteiger partial charge in [-0.25, -0.2) is 4.98 Å². The van der Waals surface area contributed by atoms with Crippen molar-refractivity contribution in [3.05, 3.63) is 71.0 Å². The molecule has 2 aromatic carbocycles. The van der Waals surface area contributed by atoms with Crippen LogP contribution in [0, 0.1) is 0 Å². The van der Waals surface area contributed by atoms with Crippen molar-refractivity contribution >= 4 is 32.9 Å². The first kappa shape index (κ1) is 18.2. The van der Waals surface area contributed by atoms with Gasteiger partial charge < -0.3 is 14.6 Å². The summed E-state index contributed by atoms with van der Waals surface area (Å²) in [5.74, 6) is 1.34. The molecule has 1 atom stereocenters. The molecule has 0 saturated carbocycles. The highest BCUT2D eigenvalue weighted by Gasteiger charge is 2.19. The van der Waals surface area contributed by atoms with Crippen LogP contribution in [0.1, 0.15) is 29.1 Å². The van der Waals surface area contributed by atoms with E-state index in [0.29, 0.717) is 17.9 Å². The van der Waals surface area contributed by atoms with E-state index in [1.165, 1.54) is 0 Å². The van der Waals surface area contributed by atoms with Gasteiger partial charge in [0.25, 0.3) is 5.91 Å². The number of nitrogens with zero attached hydrogens (tertiary/aromatic N) is 2. The van der Waals surface area contributed by atoms with Gasteiger partial charge in [-0.05, 0) is 43.3 Å². The van der Waals surface area contributed by atoms with E-state index in [-0.39, 0.29) is 11.9 Å². The van der Waals surface area contributed by atoms with E-state index < -0.39 is 0 Å². The molecule has 3 rings (SSSR count). The summed E-state index contributed by atoms with van der Waals surface area (Å²) in [5.41, 5.74) is 2.47. The maximum atomic E-state index is 12.6. The lowest BCUT2D eigenvalue weighted by Gasteiger charge is -2.16. The topological polar surface area (TPSA) is 56.2 Å². The number of halogens is 1. The van der Waals surface area contributed by atoms with Crippen molar-refractivity contribution in [3.8, 4) is 5.75 Å². The zero-order valence-electron chi connectivity index (χ0n) is 14.7. The van der Waals surface area contributed by atoms with Crippen molar-refractivity contribution in [3.63, 3.8) is 0 Å². The summed E-state index contributed by atoms with van der Waals surface area (Å²) in [4.78, 5) is 17.3. The van der Waals surface area contributed by atoms with E-state index in [9.17, 15) is 4.79 Å². The fourth-order valence-electron chi connectivity index (χ4n) is 2.85. The Bertz CT molecular complexity index is 947. The van der Waals surface area contributed by atoms with E-state index >= 15 is 0 Å². The zero-order valence-corrected chi connectivity index (χ0v) is 16.3. The molecule has 1 heterocycles. The molecule has 0 bridgehead atoms. The maximum absolute atomic E-state index is 12.6. The van der Waals surface area contributed by atoms with E-state index in [0.717, 1.165) is 21.3 Å². The molecule has 3 aromatic rings. The van der Waals surface area contributed by atoms with Crippen molar-refractivity contribution in [2.45, 2.75) is 19.5 Å². The van der Waals surface area contributed by atoms with Gasteiger partial charge in [0.2, 0.25) is 0 Å². The number of rotatable bonds is 6. The van der Waals surface area contributed by atoms with Gasteiger partial charge in [0.1, 0.15) is 11.6 Å². The summed E-state index contributed by atoms with van der Waals surface area (Å²) in [7, 11) is 1.60. The summed E-state index contributed by atoms with van der Waals surface area (Å²) in [6.07, 6.45) is 0. The molecule has 26 heavy (non-hydrogen) atoms. The number of amides is 1.